The lowest BCUT2D eigenvalue weighted by atomic mass is 9.99. The molecular formula is C11H10ClFO3. The molecule has 5 heteroatoms. The van der Waals surface area contributed by atoms with Gasteiger partial charge in [0.2, 0.25) is 0 Å². The van der Waals surface area contributed by atoms with Gasteiger partial charge in [-0.25, -0.2) is 4.39 Å². The molecule has 0 bridgehead atoms. The Morgan fingerprint density at radius 3 is 2.69 bits per heavy atom. The maximum absolute atomic E-state index is 13.2. The van der Waals surface area contributed by atoms with E-state index >= 15 is 0 Å². The summed E-state index contributed by atoms with van der Waals surface area (Å²) in [6, 6.07) is 3.61. The first kappa shape index (κ1) is 12.6. The maximum Gasteiger partial charge on any atom is 0.306 e. The lowest BCUT2D eigenvalue weighted by Crippen LogP contribution is -2.15. The van der Waals surface area contributed by atoms with Crippen molar-refractivity contribution < 1.29 is 19.1 Å². The molecular weight excluding hydrogens is 235 g/mol. The molecule has 0 aliphatic carbocycles. The molecule has 3 nitrogen and oxygen atoms in total. The molecule has 0 aliphatic heterocycles. The summed E-state index contributed by atoms with van der Waals surface area (Å²) in [5, 5.41) is 8.87. The van der Waals surface area contributed by atoms with Crippen molar-refractivity contribution in [2.24, 2.45) is 5.92 Å². The van der Waals surface area contributed by atoms with Gasteiger partial charge in [-0.2, -0.15) is 0 Å². The number of rotatable bonds is 4. The number of carbonyl (C=O) groups is 2. The Hall–Kier alpha value is -1.42. The summed E-state index contributed by atoms with van der Waals surface area (Å²) >= 11 is 5.62. The molecule has 1 rings (SSSR count). The fraction of sp³-hybridized carbons (Fsp3) is 0.273. The number of Topliss-reactive ketones (excluding diaryl/α,β-unsaturated/α-hetero) is 1. The lowest BCUT2D eigenvalue weighted by Gasteiger charge is -2.06. The molecule has 0 fully saturated rings. The van der Waals surface area contributed by atoms with E-state index in [0.717, 1.165) is 6.07 Å². The van der Waals surface area contributed by atoms with Gasteiger partial charge in [0.1, 0.15) is 5.82 Å². The zero-order valence-electron chi connectivity index (χ0n) is 8.54. The van der Waals surface area contributed by atoms with E-state index in [1.807, 2.05) is 0 Å². The third-order valence-electron chi connectivity index (χ3n) is 2.14. The summed E-state index contributed by atoms with van der Waals surface area (Å²) in [5.41, 5.74) is -0.166. The van der Waals surface area contributed by atoms with Crippen LogP contribution in [0.5, 0.6) is 0 Å². The van der Waals surface area contributed by atoms with Crippen LogP contribution in [0.15, 0.2) is 18.2 Å². The van der Waals surface area contributed by atoms with Gasteiger partial charge in [0.25, 0.3) is 0 Å². The van der Waals surface area contributed by atoms with E-state index in [1.165, 1.54) is 19.1 Å². The van der Waals surface area contributed by atoms with Crippen molar-refractivity contribution in [2.45, 2.75) is 13.3 Å². The maximum atomic E-state index is 13.2. The van der Waals surface area contributed by atoms with Gasteiger partial charge < -0.3 is 5.11 Å². The minimum absolute atomic E-state index is 0.166. The molecule has 16 heavy (non-hydrogen) atoms. The highest BCUT2D eigenvalue weighted by atomic mass is 35.5. The highest BCUT2D eigenvalue weighted by Gasteiger charge is 2.19. The molecule has 0 aromatic heterocycles. The second-order valence-electron chi connectivity index (χ2n) is 3.49. The van der Waals surface area contributed by atoms with Crippen LogP contribution in [0.1, 0.15) is 23.7 Å². The fourth-order valence-electron chi connectivity index (χ4n) is 1.19. The van der Waals surface area contributed by atoms with Crippen molar-refractivity contribution in [2.75, 3.05) is 0 Å². The number of benzene rings is 1. The zero-order valence-corrected chi connectivity index (χ0v) is 9.29. The van der Waals surface area contributed by atoms with Crippen LogP contribution in [-0.4, -0.2) is 16.9 Å². The first-order valence-corrected chi connectivity index (χ1v) is 5.00. The number of hydrogen-bond donors (Lipinski definition) is 1. The Labute approximate surface area is 96.8 Å². The van der Waals surface area contributed by atoms with Crippen molar-refractivity contribution in [1.82, 2.24) is 0 Å². The summed E-state index contributed by atoms with van der Waals surface area (Å²) in [7, 11) is 0. The lowest BCUT2D eigenvalue weighted by molar-refractivity contribution is -0.141. The number of carboxylic acid groups (broad SMARTS) is 1. The predicted octanol–water partition coefficient (Wildman–Crippen LogP) is 2.77. The zero-order chi connectivity index (χ0) is 12.3. The van der Waals surface area contributed by atoms with Gasteiger partial charge in [0.05, 0.1) is 11.5 Å². The van der Waals surface area contributed by atoms with E-state index in [2.05, 4.69) is 0 Å². The van der Waals surface area contributed by atoms with Crippen LogP contribution in [0, 0.1) is 11.7 Å². The van der Waals surface area contributed by atoms with Crippen molar-refractivity contribution in [1.29, 1.82) is 0 Å². The Kier molecular flexibility index (Phi) is 4.01. The van der Waals surface area contributed by atoms with Crippen molar-refractivity contribution in [3.63, 3.8) is 0 Å². The van der Waals surface area contributed by atoms with Gasteiger partial charge in [-0.05, 0) is 18.2 Å². The number of ketones is 1. The van der Waals surface area contributed by atoms with Gasteiger partial charge in [0.15, 0.2) is 5.78 Å². The van der Waals surface area contributed by atoms with Crippen molar-refractivity contribution in [3.8, 4) is 0 Å². The van der Waals surface area contributed by atoms with Crippen LogP contribution in [0.2, 0.25) is 5.02 Å². The smallest absolute Gasteiger partial charge is 0.306 e. The third-order valence-corrected chi connectivity index (χ3v) is 2.38. The molecule has 1 unspecified atom stereocenters. The largest absolute Gasteiger partial charge is 0.481 e. The SMILES string of the molecule is CC(CC(=O)c1cc(Cl)ccc1F)C(=O)O. The second kappa shape index (κ2) is 5.07. The minimum atomic E-state index is -1.09. The topological polar surface area (TPSA) is 54.4 Å². The number of carbonyl (C=O) groups excluding carboxylic acids is 1. The molecule has 0 aliphatic rings. The Bertz CT molecular complexity index is 431. The van der Waals surface area contributed by atoms with Crippen LogP contribution in [0.4, 0.5) is 4.39 Å². The van der Waals surface area contributed by atoms with Crippen LogP contribution in [-0.2, 0) is 4.79 Å². The van der Waals surface area contributed by atoms with Gasteiger partial charge in [-0.1, -0.05) is 18.5 Å². The monoisotopic (exact) mass is 244 g/mol. The van der Waals surface area contributed by atoms with Crippen LogP contribution in [0.25, 0.3) is 0 Å². The summed E-state index contributed by atoms with van der Waals surface area (Å²) in [4.78, 5) is 22.1. The summed E-state index contributed by atoms with van der Waals surface area (Å²) in [6.07, 6.45) is -0.243. The second-order valence-corrected chi connectivity index (χ2v) is 3.93. The number of carboxylic acids is 1. The van der Waals surface area contributed by atoms with Gasteiger partial charge in [-0.15, -0.1) is 0 Å². The molecule has 1 atom stereocenters. The van der Waals surface area contributed by atoms with E-state index in [1.54, 1.807) is 0 Å². The molecule has 0 spiro atoms. The normalized spacial score (nSPS) is 12.2. The molecule has 0 heterocycles. The summed E-state index contributed by atoms with van der Waals surface area (Å²) in [6.45, 7) is 1.39. The Morgan fingerprint density at radius 2 is 2.12 bits per heavy atom. The van der Waals surface area contributed by atoms with Crippen molar-refractivity contribution in [3.05, 3.63) is 34.6 Å². The molecule has 1 N–H and O–H groups in total. The number of hydrogen-bond acceptors (Lipinski definition) is 2. The molecule has 1 aromatic carbocycles. The van der Waals surface area contributed by atoms with E-state index in [-0.39, 0.29) is 17.0 Å². The molecule has 0 saturated carbocycles. The van der Waals surface area contributed by atoms with Crippen molar-refractivity contribution >= 4 is 23.4 Å². The van der Waals surface area contributed by atoms with Crippen LogP contribution < -0.4 is 0 Å². The van der Waals surface area contributed by atoms with E-state index in [4.69, 9.17) is 16.7 Å². The quantitative estimate of drug-likeness (QED) is 0.829. The van der Waals surface area contributed by atoms with Gasteiger partial charge >= 0.3 is 5.97 Å². The van der Waals surface area contributed by atoms with E-state index in [9.17, 15) is 14.0 Å². The molecule has 0 radical (unpaired) electrons. The Morgan fingerprint density at radius 1 is 1.50 bits per heavy atom. The third kappa shape index (κ3) is 3.03. The highest BCUT2D eigenvalue weighted by molar-refractivity contribution is 6.31. The van der Waals surface area contributed by atoms with E-state index in [0.29, 0.717) is 0 Å². The van der Waals surface area contributed by atoms with Gasteiger partial charge in [-0.3, -0.25) is 9.59 Å². The summed E-state index contributed by atoms with van der Waals surface area (Å²) < 4.78 is 13.2. The minimum Gasteiger partial charge on any atom is -0.481 e. The van der Waals surface area contributed by atoms with Gasteiger partial charge in [0, 0.05) is 11.4 Å². The fourth-order valence-corrected chi connectivity index (χ4v) is 1.36. The molecule has 0 saturated heterocycles. The average molecular weight is 245 g/mol. The van der Waals surface area contributed by atoms with Crippen LogP contribution in [0.3, 0.4) is 0 Å². The van der Waals surface area contributed by atoms with E-state index < -0.39 is 23.5 Å². The standard InChI is InChI=1S/C11H10ClFO3/c1-6(11(15)16)4-10(14)8-5-7(12)2-3-9(8)13/h2-3,5-6H,4H2,1H3,(H,15,16). The highest BCUT2D eigenvalue weighted by Crippen LogP contribution is 2.18. The Balaban J connectivity index is 2.88. The summed E-state index contributed by atoms with van der Waals surface area (Å²) in [5.74, 6) is -3.18. The first-order valence-electron chi connectivity index (χ1n) is 4.63. The number of aliphatic carboxylic acids is 1. The van der Waals surface area contributed by atoms with Crippen LogP contribution >= 0.6 is 11.6 Å². The first-order chi connectivity index (χ1) is 7.41. The molecule has 1 aromatic rings. The molecule has 0 amide bonds. The number of halogens is 2. The predicted molar refractivity (Wildman–Crippen MR) is 57.2 cm³/mol. The molecule has 86 valence electrons. The average Bonchev–Trinajstić information content (AvgIpc) is 2.21.